The van der Waals surface area contributed by atoms with Gasteiger partial charge in [-0.3, -0.25) is 4.79 Å². The van der Waals surface area contributed by atoms with Gasteiger partial charge < -0.3 is 5.73 Å². The zero-order valence-corrected chi connectivity index (χ0v) is 9.96. The van der Waals surface area contributed by atoms with Crippen LogP contribution in [-0.2, 0) is 0 Å². The lowest BCUT2D eigenvalue weighted by molar-refractivity contribution is 0.0891. The Morgan fingerprint density at radius 3 is 2.50 bits per heavy atom. The lowest BCUT2D eigenvalue weighted by Gasteiger charge is -2.18. The van der Waals surface area contributed by atoms with E-state index >= 15 is 0 Å². The number of carbonyl (C=O) groups is 1. The second kappa shape index (κ2) is 5.21. The van der Waals surface area contributed by atoms with Crippen molar-refractivity contribution in [1.82, 2.24) is 0 Å². The highest BCUT2D eigenvalue weighted by Gasteiger charge is 2.23. The zero-order chi connectivity index (χ0) is 12.3. The maximum absolute atomic E-state index is 12.9. The van der Waals surface area contributed by atoms with Gasteiger partial charge in [-0.15, -0.1) is 0 Å². The summed E-state index contributed by atoms with van der Waals surface area (Å²) in [4.78, 5) is 12.1. The van der Waals surface area contributed by atoms with Crippen LogP contribution in [0.15, 0.2) is 18.2 Å². The van der Waals surface area contributed by atoms with Crippen molar-refractivity contribution in [3.05, 3.63) is 35.1 Å². The fraction of sp³-hybridized carbons (Fsp3) is 0.462. The number of halogens is 1. The fourth-order valence-corrected chi connectivity index (χ4v) is 1.79. The monoisotopic (exact) mass is 223 g/mol. The predicted molar refractivity (Wildman–Crippen MR) is 62.8 cm³/mol. The normalized spacial score (nSPS) is 12.9. The van der Waals surface area contributed by atoms with Crippen LogP contribution < -0.4 is 5.73 Å². The van der Waals surface area contributed by atoms with Gasteiger partial charge >= 0.3 is 0 Å². The summed E-state index contributed by atoms with van der Waals surface area (Å²) in [6.07, 6.45) is 0. The van der Waals surface area contributed by atoms with E-state index in [9.17, 15) is 9.18 Å². The molecule has 0 heterocycles. The summed E-state index contributed by atoms with van der Waals surface area (Å²) < 4.78 is 12.9. The first kappa shape index (κ1) is 12.8. The van der Waals surface area contributed by atoms with Gasteiger partial charge in [-0.25, -0.2) is 4.39 Å². The molecule has 0 aliphatic carbocycles. The van der Waals surface area contributed by atoms with Crippen molar-refractivity contribution in [2.75, 3.05) is 6.54 Å². The second-order valence-corrected chi connectivity index (χ2v) is 4.41. The molecule has 16 heavy (non-hydrogen) atoms. The van der Waals surface area contributed by atoms with E-state index in [-0.39, 0.29) is 23.4 Å². The molecular weight excluding hydrogens is 205 g/mol. The molecule has 0 aliphatic heterocycles. The number of benzene rings is 1. The zero-order valence-electron chi connectivity index (χ0n) is 9.96. The third-order valence-corrected chi connectivity index (χ3v) is 2.85. The summed E-state index contributed by atoms with van der Waals surface area (Å²) in [5.41, 5.74) is 6.84. The Bertz CT molecular complexity index is 388. The lowest BCUT2D eigenvalue weighted by Crippen LogP contribution is -2.28. The molecule has 0 bridgehead atoms. The van der Waals surface area contributed by atoms with Gasteiger partial charge in [0.25, 0.3) is 0 Å². The molecule has 3 heteroatoms. The van der Waals surface area contributed by atoms with Crippen LogP contribution in [0.1, 0.15) is 29.8 Å². The summed E-state index contributed by atoms with van der Waals surface area (Å²) >= 11 is 0. The van der Waals surface area contributed by atoms with Crippen LogP contribution in [0.3, 0.4) is 0 Å². The molecular formula is C13H18FNO. The number of hydrogen-bond acceptors (Lipinski definition) is 2. The van der Waals surface area contributed by atoms with E-state index in [1.165, 1.54) is 18.2 Å². The van der Waals surface area contributed by atoms with Crippen LogP contribution in [0.25, 0.3) is 0 Å². The Labute approximate surface area is 95.7 Å². The van der Waals surface area contributed by atoms with Crippen molar-refractivity contribution in [3.8, 4) is 0 Å². The van der Waals surface area contributed by atoms with E-state index < -0.39 is 0 Å². The van der Waals surface area contributed by atoms with Crippen LogP contribution in [0.2, 0.25) is 0 Å². The Hall–Kier alpha value is -1.22. The SMILES string of the molecule is Cc1cc(F)ccc1C(=O)C(CN)C(C)C. The number of hydrogen-bond donors (Lipinski definition) is 1. The van der Waals surface area contributed by atoms with Crippen molar-refractivity contribution < 1.29 is 9.18 Å². The molecule has 0 radical (unpaired) electrons. The maximum atomic E-state index is 12.9. The molecule has 2 N–H and O–H groups in total. The fourth-order valence-electron chi connectivity index (χ4n) is 1.79. The van der Waals surface area contributed by atoms with Gasteiger partial charge in [-0.2, -0.15) is 0 Å². The molecule has 0 aliphatic rings. The van der Waals surface area contributed by atoms with Gasteiger partial charge in [0.1, 0.15) is 5.82 Å². The smallest absolute Gasteiger partial charge is 0.167 e. The molecule has 0 spiro atoms. The minimum Gasteiger partial charge on any atom is -0.330 e. The number of ketones is 1. The summed E-state index contributed by atoms with van der Waals surface area (Å²) in [5, 5.41) is 0. The maximum Gasteiger partial charge on any atom is 0.167 e. The van der Waals surface area contributed by atoms with E-state index in [1.54, 1.807) is 6.92 Å². The molecule has 0 amide bonds. The van der Waals surface area contributed by atoms with Crippen molar-refractivity contribution in [2.45, 2.75) is 20.8 Å². The van der Waals surface area contributed by atoms with Gasteiger partial charge in [0.05, 0.1) is 0 Å². The largest absolute Gasteiger partial charge is 0.330 e. The molecule has 1 aromatic rings. The highest BCUT2D eigenvalue weighted by Crippen LogP contribution is 2.19. The van der Waals surface area contributed by atoms with Crippen molar-refractivity contribution >= 4 is 5.78 Å². The van der Waals surface area contributed by atoms with E-state index in [4.69, 9.17) is 5.73 Å². The molecule has 0 saturated carbocycles. The Morgan fingerprint density at radius 1 is 1.44 bits per heavy atom. The summed E-state index contributed by atoms with van der Waals surface area (Å²) in [6, 6.07) is 4.23. The molecule has 1 unspecified atom stereocenters. The minimum absolute atomic E-state index is 0.00926. The average molecular weight is 223 g/mol. The van der Waals surface area contributed by atoms with Gasteiger partial charge in [0.15, 0.2) is 5.78 Å². The van der Waals surface area contributed by atoms with Crippen molar-refractivity contribution in [2.24, 2.45) is 17.6 Å². The number of nitrogens with two attached hydrogens (primary N) is 1. The van der Waals surface area contributed by atoms with E-state index in [0.717, 1.165) is 0 Å². The molecule has 0 aromatic heterocycles. The van der Waals surface area contributed by atoms with Crippen LogP contribution >= 0.6 is 0 Å². The topological polar surface area (TPSA) is 43.1 Å². The number of rotatable bonds is 4. The molecule has 1 atom stereocenters. The van der Waals surface area contributed by atoms with Gasteiger partial charge in [0.2, 0.25) is 0 Å². The minimum atomic E-state index is -0.317. The molecule has 1 rings (SSSR count). The number of Topliss-reactive ketones (excluding diaryl/α,β-unsaturated/α-hetero) is 1. The van der Waals surface area contributed by atoms with E-state index in [1.807, 2.05) is 13.8 Å². The third-order valence-electron chi connectivity index (χ3n) is 2.85. The van der Waals surface area contributed by atoms with Crippen LogP contribution in [0.4, 0.5) is 4.39 Å². The molecule has 1 aromatic carbocycles. The molecule has 0 saturated heterocycles. The first-order chi connectivity index (χ1) is 7.47. The quantitative estimate of drug-likeness (QED) is 0.797. The van der Waals surface area contributed by atoms with Gasteiger partial charge in [0, 0.05) is 18.0 Å². The van der Waals surface area contributed by atoms with Crippen molar-refractivity contribution in [1.29, 1.82) is 0 Å². The van der Waals surface area contributed by atoms with Crippen LogP contribution in [0.5, 0.6) is 0 Å². The van der Waals surface area contributed by atoms with Crippen molar-refractivity contribution in [3.63, 3.8) is 0 Å². The first-order valence-corrected chi connectivity index (χ1v) is 5.47. The van der Waals surface area contributed by atoms with Crippen LogP contribution in [-0.4, -0.2) is 12.3 Å². The van der Waals surface area contributed by atoms with E-state index in [0.29, 0.717) is 17.7 Å². The second-order valence-electron chi connectivity index (χ2n) is 4.41. The van der Waals surface area contributed by atoms with Gasteiger partial charge in [-0.1, -0.05) is 13.8 Å². The standard InChI is InChI=1S/C13H18FNO/c1-8(2)12(7-15)13(16)11-5-4-10(14)6-9(11)3/h4-6,8,12H,7,15H2,1-3H3. The molecule has 2 nitrogen and oxygen atoms in total. The molecule has 0 fully saturated rings. The first-order valence-electron chi connectivity index (χ1n) is 5.47. The third kappa shape index (κ3) is 2.67. The van der Waals surface area contributed by atoms with E-state index in [2.05, 4.69) is 0 Å². The lowest BCUT2D eigenvalue weighted by atomic mass is 9.86. The number of aryl methyl sites for hydroxylation is 1. The summed E-state index contributed by atoms with van der Waals surface area (Å²) in [7, 11) is 0. The summed E-state index contributed by atoms with van der Waals surface area (Å²) in [6.45, 7) is 6.00. The average Bonchev–Trinajstić information content (AvgIpc) is 2.17. The Kier molecular flexibility index (Phi) is 4.19. The highest BCUT2D eigenvalue weighted by molar-refractivity contribution is 5.99. The van der Waals surface area contributed by atoms with Gasteiger partial charge in [-0.05, 0) is 36.6 Å². The highest BCUT2D eigenvalue weighted by atomic mass is 19.1. The Balaban J connectivity index is 3.04. The Morgan fingerprint density at radius 2 is 2.06 bits per heavy atom. The predicted octanol–water partition coefficient (Wildman–Crippen LogP) is 2.55. The number of carbonyl (C=O) groups excluding carboxylic acids is 1. The molecule has 88 valence electrons. The summed E-state index contributed by atoms with van der Waals surface area (Å²) in [5.74, 6) is -0.302. The van der Waals surface area contributed by atoms with Crippen LogP contribution in [0, 0.1) is 24.6 Å².